The molecule has 0 spiro atoms. The predicted octanol–water partition coefficient (Wildman–Crippen LogP) is 2.83. The molecule has 1 heterocycles. The Labute approximate surface area is 142 Å². The van der Waals surface area contributed by atoms with Crippen molar-refractivity contribution < 1.29 is 18.7 Å². The van der Waals surface area contributed by atoms with Crippen LogP contribution in [0.25, 0.3) is 11.5 Å². The first-order valence-electron chi connectivity index (χ1n) is 8.16. The van der Waals surface area contributed by atoms with Crippen molar-refractivity contribution in [3.63, 3.8) is 0 Å². The van der Waals surface area contributed by atoms with E-state index in [2.05, 4.69) is 10.3 Å². The zero-order chi connectivity index (χ0) is 17.2. The van der Waals surface area contributed by atoms with E-state index in [1.165, 1.54) is 0 Å². The summed E-state index contributed by atoms with van der Waals surface area (Å²) in [5.41, 5.74) is 1.71. The zero-order valence-electron chi connectivity index (χ0n) is 14.2. The number of nitrogens with zero attached hydrogens (tertiary/aromatic N) is 1. The third kappa shape index (κ3) is 5.70. The van der Waals surface area contributed by atoms with E-state index in [9.17, 15) is 4.79 Å². The van der Waals surface area contributed by atoms with E-state index < -0.39 is 0 Å². The van der Waals surface area contributed by atoms with Gasteiger partial charge in [0.2, 0.25) is 11.8 Å². The summed E-state index contributed by atoms with van der Waals surface area (Å²) in [6.07, 6.45) is 3.48. The van der Waals surface area contributed by atoms with Gasteiger partial charge in [0.1, 0.15) is 12.0 Å². The Hall–Kier alpha value is -2.34. The Morgan fingerprint density at radius 3 is 2.79 bits per heavy atom. The van der Waals surface area contributed by atoms with Gasteiger partial charge >= 0.3 is 0 Å². The molecule has 0 aliphatic carbocycles. The summed E-state index contributed by atoms with van der Waals surface area (Å²) in [5.74, 6) is 1.39. The summed E-state index contributed by atoms with van der Waals surface area (Å²) in [7, 11) is 1.63. The van der Waals surface area contributed by atoms with Crippen LogP contribution in [0.15, 0.2) is 34.9 Å². The second-order valence-corrected chi connectivity index (χ2v) is 5.27. The second-order valence-electron chi connectivity index (χ2n) is 5.27. The largest absolute Gasteiger partial charge is 0.497 e. The summed E-state index contributed by atoms with van der Waals surface area (Å²) in [4.78, 5) is 16.1. The summed E-state index contributed by atoms with van der Waals surface area (Å²) < 4.78 is 15.8. The lowest BCUT2D eigenvalue weighted by Crippen LogP contribution is -2.25. The van der Waals surface area contributed by atoms with Gasteiger partial charge in [-0.1, -0.05) is 0 Å². The van der Waals surface area contributed by atoms with Crippen LogP contribution in [0.4, 0.5) is 0 Å². The van der Waals surface area contributed by atoms with E-state index >= 15 is 0 Å². The molecule has 6 nitrogen and oxygen atoms in total. The van der Waals surface area contributed by atoms with E-state index in [4.69, 9.17) is 13.9 Å². The fraction of sp³-hybridized carbons (Fsp3) is 0.444. The normalized spacial score (nSPS) is 10.6. The van der Waals surface area contributed by atoms with Crippen molar-refractivity contribution in [3.05, 3.63) is 36.2 Å². The number of carbonyl (C=O) groups is 1. The van der Waals surface area contributed by atoms with Crippen molar-refractivity contribution in [2.75, 3.05) is 26.9 Å². The Balaban J connectivity index is 1.74. The van der Waals surface area contributed by atoms with Gasteiger partial charge in [0.05, 0.1) is 12.8 Å². The van der Waals surface area contributed by atoms with Crippen LogP contribution >= 0.6 is 0 Å². The molecule has 24 heavy (non-hydrogen) atoms. The van der Waals surface area contributed by atoms with Crippen molar-refractivity contribution in [1.29, 1.82) is 0 Å². The van der Waals surface area contributed by atoms with Gasteiger partial charge in [-0.3, -0.25) is 4.79 Å². The van der Waals surface area contributed by atoms with Crippen LogP contribution in [-0.2, 0) is 16.0 Å². The Morgan fingerprint density at radius 1 is 1.29 bits per heavy atom. The number of hydrogen-bond donors (Lipinski definition) is 1. The van der Waals surface area contributed by atoms with Crippen molar-refractivity contribution in [3.8, 4) is 17.2 Å². The molecular weight excluding hydrogens is 308 g/mol. The lowest BCUT2D eigenvalue weighted by molar-refractivity contribution is -0.121. The molecule has 0 saturated carbocycles. The van der Waals surface area contributed by atoms with Crippen LogP contribution in [-0.4, -0.2) is 37.8 Å². The van der Waals surface area contributed by atoms with Gasteiger partial charge in [0.25, 0.3) is 0 Å². The number of rotatable bonds is 10. The minimum atomic E-state index is 0.0357. The highest BCUT2D eigenvalue weighted by molar-refractivity contribution is 5.75. The Kier molecular flexibility index (Phi) is 7.29. The third-order valence-corrected chi connectivity index (χ3v) is 3.49. The summed E-state index contributed by atoms with van der Waals surface area (Å²) in [6, 6.07) is 7.52. The quantitative estimate of drug-likeness (QED) is 0.677. The van der Waals surface area contributed by atoms with E-state index in [1.807, 2.05) is 31.2 Å². The molecule has 0 unspecified atom stereocenters. The minimum Gasteiger partial charge on any atom is -0.497 e. The molecule has 0 atom stereocenters. The van der Waals surface area contributed by atoms with Crippen LogP contribution in [0.1, 0.15) is 25.5 Å². The molecule has 2 rings (SSSR count). The highest BCUT2D eigenvalue weighted by Crippen LogP contribution is 2.21. The second kappa shape index (κ2) is 9.72. The molecule has 0 saturated heterocycles. The minimum absolute atomic E-state index is 0.0357. The lowest BCUT2D eigenvalue weighted by atomic mass is 10.2. The maximum absolute atomic E-state index is 11.7. The zero-order valence-corrected chi connectivity index (χ0v) is 14.2. The molecule has 0 aliphatic heterocycles. The molecule has 6 heteroatoms. The highest BCUT2D eigenvalue weighted by Gasteiger charge is 2.07. The molecule has 1 aromatic carbocycles. The first-order valence-corrected chi connectivity index (χ1v) is 8.16. The van der Waals surface area contributed by atoms with Crippen molar-refractivity contribution in [2.24, 2.45) is 0 Å². The van der Waals surface area contributed by atoms with Gasteiger partial charge in [-0.25, -0.2) is 4.98 Å². The number of benzene rings is 1. The number of aromatic nitrogens is 1. The standard InChI is InChI=1S/C18H24N2O4/c1-3-23-12-4-5-17(21)19-11-10-15-13-24-18(20-15)14-6-8-16(22-2)9-7-14/h6-9,13H,3-5,10-12H2,1-2H3,(H,19,21). The molecule has 0 radical (unpaired) electrons. The van der Waals surface area contributed by atoms with Crippen LogP contribution < -0.4 is 10.1 Å². The average molecular weight is 332 g/mol. The van der Waals surface area contributed by atoms with Crippen LogP contribution in [0.5, 0.6) is 5.75 Å². The maximum atomic E-state index is 11.7. The smallest absolute Gasteiger partial charge is 0.226 e. The van der Waals surface area contributed by atoms with Crippen molar-refractivity contribution >= 4 is 5.91 Å². The van der Waals surface area contributed by atoms with E-state index in [0.29, 0.717) is 38.5 Å². The fourth-order valence-electron chi connectivity index (χ4n) is 2.19. The van der Waals surface area contributed by atoms with Crippen LogP contribution in [0.2, 0.25) is 0 Å². The molecule has 1 amide bonds. The van der Waals surface area contributed by atoms with Gasteiger partial charge in [0.15, 0.2) is 0 Å². The maximum Gasteiger partial charge on any atom is 0.226 e. The average Bonchev–Trinajstić information content (AvgIpc) is 3.08. The van der Waals surface area contributed by atoms with E-state index in [1.54, 1.807) is 13.4 Å². The molecule has 0 fully saturated rings. The molecule has 2 aromatic rings. The molecule has 0 aliphatic rings. The summed E-state index contributed by atoms with van der Waals surface area (Å²) in [5, 5.41) is 2.88. The molecule has 130 valence electrons. The lowest BCUT2D eigenvalue weighted by Gasteiger charge is -2.04. The monoisotopic (exact) mass is 332 g/mol. The van der Waals surface area contributed by atoms with E-state index in [-0.39, 0.29) is 5.91 Å². The first kappa shape index (κ1) is 18.0. The fourth-order valence-corrected chi connectivity index (χ4v) is 2.19. The van der Waals surface area contributed by atoms with Gasteiger partial charge in [-0.15, -0.1) is 0 Å². The molecule has 1 N–H and O–H groups in total. The topological polar surface area (TPSA) is 73.6 Å². The number of oxazole rings is 1. The molecule has 1 aromatic heterocycles. The summed E-state index contributed by atoms with van der Waals surface area (Å²) >= 11 is 0. The molecule has 0 bridgehead atoms. The Bertz CT molecular complexity index is 622. The van der Waals surface area contributed by atoms with Gasteiger partial charge < -0.3 is 19.2 Å². The van der Waals surface area contributed by atoms with Crippen LogP contribution in [0.3, 0.4) is 0 Å². The number of methoxy groups -OCH3 is 1. The first-order chi connectivity index (χ1) is 11.7. The summed E-state index contributed by atoms with van der Waals surface area (Å²) in [6.45, 7) is 3.79. The van der Waals surface area contributed by atoms with E-state index in [0.717, 1.165) is 23.4 Å². The van der Waals surface area contributed by atoms with Crippen molar-refractivity contribution in [2.45, 2.75) is 26.2 Å². The van der Waals surface area contributed by atoms with Gasteiger partial charge in [-0.05, 0) is 37.6 Å². The predicted molar refractivity (Wildman–Crippen MR) is 90.9 cm³/mol. The number of amides is 1. The number of ether oxygens (including phenoxy) is 2. The number of nitrogens with one attached hydrogen (secondary N) is 1. The SMILES string of the molecule is CCOCCCC(=O)NCCc1coc(-c2ccc(OC)cc2)n1. The highest BCUT2D eigenvalue weighted by atomic mass is 16.5. The number of carbonyl (C=O) groups excluding carboxylic acids is 1. The molecular formula is C18H24N2O4. The van der Waals surface area contributed by atoms with Gasteiger partial charge in [0, 0.05) is 38.2 Å². The van der Waals surface area contributed by atoms with Crippen LogP contribution in [0, 0.1) is 0 Å². The van der Waals surface area contributed by atoms with Gasteiger partial charge in [-0.2, -0.15) is 0 Å². The third-order valence-electron chi connectivity index (χ3n) is 3.49. The van der Waals surface area contributed by atoms with Crippen molar-refractivity contribution in [1.82, 2.24) is 10.3 Å². The number of hydrogen-bond acceptors (Lipinski definition) is 5. The Morgan fingerprint density at radius 2 is 2.08 bits per heavy atom.